The van der Waals surface area contributed by atoms with E-state index < -0.39 is 0 Å². The summed E-state index contributed by atoms with van der Waals surface area (Å²) in [5, 5.41) is 0. The van der Waals surface area contributed by atoms with Gasteiger partial charge in [-0.25, -0.2) is 4.39 Å². The van der Waals surface area contributed by atoms with Crippen LogP contribution in [0.2, 0.25) is 0 Å². The average molecular weight is 385 g/mol. The fourth-order valence-corrected chi connectivity index (χ4v) is 5.67. The van der Waals surface area contributed by atoms with Gasteiger partial charge < -0.3 is 0 Å². The molecule has 1 aromatic rings. The summed E-state index contributed by atoms with van der Waals surface area (Å²) in [5.74, 6) is 3.06. The van der Waals surface area contributed by atoms with Crippen LogP contribution in [0.1, 0.15) is 108 Å². The normalized spacial score (nSPS) is 26.3. The van der Waals surface area contributed by atoms with Gasteiger partial charge in [0.05, 0.1) is 0 Å². The second-order valence-corrected chi connectivity index (χ2v) is 9.52. The molecular formula is C27H41F. The van der Waals surface area contributed by atoms with Crippen LogP contribution in [0.15, 0.2) is 30.4 Å². The largest absolute Gasteiger partial charge is 0.207 e. The molecule has 0 aliphatic heterocycles. The number of hydrogen-bond donors (Lipinski definition) is 0. The van der Waals surface area contributed by atoms with Gasteiger partial charge in [0.25, 0.3) is 0 Å². The van der Waals surface area contributed by atoms with E-state index in [0.717, 1.165) is 36.2 Å². The van der Waals surface area contributed by atoms with Crippen LogP contribution in [0.4, 0.5) is 4.39 Å². The Bertz CT molecular complexity index is 609. The van der Waals surface area contributed by atoms with Crippen molar-refractivity contribution in [3.05, 3.63) is 47.3 Å². The molecule has 1 fully saturated rings. The van der Waals surface area contributed by atoms with Crippen LogP contribution in [-0.4, -0.2) is 0 Å². The number of unbranched alkanes of at least 4 members (excludes halogenated alkanes) is 1. The van der Waals surface area contributed by atoms with Gasteiger partial charge in [-0.2, -0.15) is 0 Å². The van der Waals surface area contributed by atoms with Crippen LogP contribution in [-0.2, 0) is 6.42 Å². The Kier molecular flexibility index (Phi) is 8.62. The van der Waals surface area contributed by atoms with E-state index in [1.54, 1.807) is 0 Å². The van der Waals surface area contributed by atoms with E-state index in [4.69, 9.17) is 0 Å². The summed E-state index contributed by atoms with van der Waals surface area (Å²) in [7, 11) is 0. The van der Waals surface area contributed by atoms with Crippen LogP contribution in [0.3, 0.4) is 0 Å². The second kappa shape index (κ2) is 11.2. The Labute approximate surface area is 173 Å². The van der Waals surface area contributed by atoms with Crippen LogP contribution >= 0.6 is 0 Å². The Balaban J connectivity index is 1.72. The molecule has 3 rings (SSSR count). The smallest absolute Gasteiger partial charge is 0.126 e. The highest BCUT2D eigenvalue weighted by atomic mass is 19.1. The fourth-order valence-electron chi connectivity index (χ4n) is 5.67. The maximum absolute atomic E-state index is 14.7. The van der Waals surface area contributed by atoms with Gasteiger partial charge in [0.1, 0.15) is 5.82 Å². The number of rotatable bonds is 9. The number of allylic oxidation sites excluding steroid dienone is 2. The minimum Gasteiger partial charge on any atom is -0.207 e. The van der Waals surface area contributed by atoms with Gasteiger partial charge in [0.15, 0.2) is 0 Å². The minimum atomic E-state index is 0.0320. The first-order valence-corrected chi connectivity index (χ1v) is 12.1. The van der Waals surface area contributed by atoms with Gasteiger partial charge in [0.2, 0.25) is 0 Å². The molecule has 0 heterocycles. The molecule has 2 unspecified atom stereocenters. The van der Waals surface area contributed by atoms with Crippen molar-refractivity contribution < 1.29 is 4.39 Å². The van der Waals surface area contributed by atoms with E-state index >= 15 is 0 Å². The lowest BCUT2D eigenvalue weighted by atomic mass is 9.69. The van der Waals surface area contributed by atoms with Crippen molar-refractivity contribution in [2.24, 2.45) is 17.8 Å². The maximum Gasteiger partial charge on any atom is 0.126 e. The van der Waals surface area contributed by atoms with E-state index in [2.05, 4.69) is 38.1 Å². The zero-order valence-electron chi connectivity index (χ0n) is 18.3. The molecule has 28 heavy (non-hydrogen) atoms. The summed E-state index contributed by atoms with van der Waals surface area (Å²) in [4.78, 5) is 0. The molecule has 2 atom stereocenters. The predicted molar refractivity (Wildman–Crippen MR) is 119 cm³/mol. The zero-order valence-corrected chi connectivity index (χ0v) is 18.3. The number of halogens is 1. The lowest BCUT2D eigenvalue weighted by molar-refractivity contribution is 0.210. The summed E-state index contributed by atoms with van der Waals surface area (Å²) >= 11 is 0. The van der Waals surface area contributed by atoms with Gasteiger partial charge in [-0.3, -0.25) is 0 Å². The van der Waals surface area contributed by atoms with Gasteiger partial charge in [-0.1, -0.05) is 76.7 Å². The van der Waals surface area contributed by atoms with Crippen LogP contribution in [0.25, 0.3) is 0 Å². The molecule has 0 N–H and O–H groups in total. The second-order valence-electron chi connectivity index (χ2n) is 9.52. The Morgan fingerprint density at radius 2 is 1.79 bits per heavy atom. The third kappa shape index (κ3) is 5.94. The van der Waals surface area contributed by atoms with Gasteiger partial charge in [-0.05, 0) is 85.8 Å². The third-order valence-electron chi connectivity index (χ3n) is 7.42. The van der Waals surface area contributed by atoms with E-state index in [-0.39, 0.29) is 5.82 Å². The fraction of sp³-hybridized carbons (Fsp3) is 0.704. The number of aryl methyl sites for hydroxylation is 1. The lowest BCUT2D eigenvalue weighted by Gasteiger charge is -2.36. The van der Waals surface area contributed by atoms with Crippen molar-refractivity contribution in [3.63, 3.8) is 0 Å². The quantitative estimate of drug-likeness (QED) is 0.374. The minimum absolute atomic E-state index is 0.0320. The third-order valence-corrected chi connectivity index (χ3v) is 7.42. The molecule has 0 saturated heterocycles. The molecule has 0 bridgehead atoms. The zero-order chi connectivity index (χ0) is 19.8. The van der Waals surface area contributed by atoms with Gasteiger partial charge in [0, 0.05) is 0 Å². The molecule has 0 aromatic heterocycles. The highest BCUT2D eigenvalue weighted by Gasteiger charge is 2.30. The standard InChI is InChI=1S/C27H41F/c1-3-5-10-21-13-15-23(16-14-21)26(19-22-11-7-6-8-12-22)25-18-17-24(9-4-2)27(28)20-25/h6-7,17-18,20-23,26H,3-5,8-16,19H2,1-2H3. The van der Waals surface area contributed by atoms with Crippen molar-refractivity contribution >= 4 is 0 Å². The molecule has 156 valence electrons. The van der Waals surface area contributed by atoms with Crippen LogP contribution < -0.4 is 0 Å². The molecule has 1 saturated carbocycles. The summed E-state index contributed by atoms with van der Waals surface area (Å²) in [5.41, 5.74) is 2.18. The van der Waals surface area contributed by atoms with E-state index in [1.165, 1.54) is 76.2 Å². The van der Waals surface area contributed by atoms with Crippen molar-refractivity contribution in [2.75, 3.05) is 0 Å². The van der Waals surface area contributed by atoms with Crippen LogP contribution in [0.5, 0.6) is 0 Å². The van der Waals surface area contributed by atoms with E-state index in [0.29, 0.717) is 5.92 Å². The van der Waals surface area contributed by atoms with Crippen molar-refractivity contribution in [1.29, 1.82) is 0 Å². The molecule has 0 radical (unpaired) electrons. The first-order chi connectivity index (χ1) is 13.7. The van der Waals surface area contributed by atoms with Crippen molar-refractivity contribution in [3.8, 4) is 0 Å². The Hall–Kier alpha value is -1.11. The highest BCUT2D eigenvalue weighted by molar-refractivity contribution is 5.28. The summed E-state index contributed by atoms with van der Waals surface area (Å²) in [6.07, 6.45) is 21.2. The monoisotopic (exact) mass is 384 g/mol. The van der Waals surface area contributed by atoms with Crippen molar-refractivity contribution in [1.82, 2.24) is 0 Å². The van der Waals surface area contributed by atoms with E-state index in [1.807, 2.05) is 6.07 Å². The molecule has 0 spiro atoms. The average Bonchev–Trinajstić information content (AvgIpc) is 2.73. The van der Waals surface area contributed by atoms with Gasteiger partial charge in [-0.15, -0.1) is 0 Å². The topological polar surface area (TPSA) is 0 Å². The Morgan fingerprint density at radius 3 is 2.43 bits per heavy atom. The first kappa shape index (κ1) is 21.6. The predicted octanol–water partition coefficient (Wildman–Crippen LogP) is 8.60. The molecular weight excluding hydrogens is 343 g/mol. The van der Waals surface area contributed by atoms with E-state index in [9.17, 15) is 4.39 Å². The molecule has 1 heteroatoms. The van der Waals surface area contributed by atoms with Crippen molar-refractivity contribution in [2.45, 2.75) is 103 Å². The number of hydrogen-bond acceptors (Lipinski definition) is 0. The summed E-state index contributed by atoms with van der Waals surface area (Å²) in [6, 6.07) is 6.24. The summed E-state index contributed by atoms with van der Waals surface area (Å²) < 4.78 is 14.7. The first-order valence-electron chi connectivity index (χ1n) is 12.1. The lowest BCUT2D eigenvalue weighted by Crippen LogP contribution is -2.23. The number of benzene rings is 1. The summed E-state index contributed by atoms with van der Waals surface area (Å²) in [6.45, 7) is 4.43. The van der Waals surface area contributed by atoms with Crippen LogP contribution in [0, 0.1) is 23.6 Å². The van der Waals surface area contributed by atoms with Gasteiger partial charge >= 0.3 is 0 Å². The molecule has 0 nitrogen and oxygen atoms in total. The molecule has 2 aliphatic rings. The highest BCUT2D eigenvalue weighted by Crippen LogP contribution is 2.44. The molecule has 0 amide bonds. The molecule has 1 aromatic carbocycles. The SMILES string of the molecule is CCCCC1CCC(C(CC2CC=CCC2)c2ccc(CCC)c(F)c2)CC1. The Morgan fingerprint density at radius 1 is 0.964 bits per heavy atom. The molecule has 2 aliphatic carbocycles. The maximum atomic E-state index is 14.7.